The predicted molar refractivity (Wildman–Crippen MR) is 143 cm³/mol. The second-order valence-corrected chi connectivity index (χ2v) is 9.02. The lowest BCUT2D eigenvalue weighted by Crippen LogP contribution is -2.50. The van der Waals surface area contributed by atoms with Gasteiger partial charge in [-0.3, -0.25) is 9.89 Å². The summed E-state index contributed by atoms with van der Waals surface area (Å²) in [6.07, 6.45) is 6.42. The predicted octanol–water partition coefficient (Wildman–Crippen LogP) is 3.35. The number of aromatic nitrogens is 2. The molecule has 4 rings (SSSR count). The van der Waals surface area contributed by atoms with Crippen LogP contribution in [0.15, 0.2) is 33.8 Å². The molecule has 0 unspecified atom stereocenters. The first kappa shape index (κ1) is 25.7. The van der Waals surface area contributed by atoms with Crippen LogP contribution < -0.4 is 15.5 Å². The average molecular weight is 568 g/mol. The van der Waals surface area contributed by atoms with E-state index in [9.17, 15) is 0 Å². The molecule has 0 radical (unpaired) electrons. The first-order valence-corrected chi connectivity index (χ1v) is 11.9. The molecular weight excluding hydrogens is 529 g/mol. The highest BCUT2D eigenvalue weighted by Gasteiger charge is 2.23. The fraction of sp³-hybridized carbons (Fsp3) is 0.625. The van der Waals surface area contributed by atoms with Gasteiger partial charge in [0.2, 0.25) is 5.89 Å². The summed E-state index contributed by atoms with van der Waals surface area (Å²) < 4.78 is 5.75. The molecule has 2 aliphatic heterocycles. The number of halogens is 1. The molecule has 0 spiro atoms. The summed E-state index contributed by atoms with van der Waals surface area (Å²) in [6.45, 7) is 9.99. The van der Waals surface area contributed by atoms with Crippen LogP contribution in [0.1, 0.15) is 43.0 Å². The minimum absolute atomic E-state index is 0. The highest BCUT2D eigenvalue weighted by molar-refractivity contribution is 14.0. The number of aryl methyl sites for hydroxylation is 2. The number of guanidine groups is 1. The number of aliphatic imine (C=N–C) groups is 1. The maximum Gasteiger partial charge on any atom is 0.208 e. The largest absolute Gasteiger partial charge is 0.444 e. The zero-order chi connectivity index (χ0) is 22.3. The third-order valence-corrected chi connectivity index (χ3v) is 6.73. The Morgan fingerprint density at radius 1 is 1.12 bits per heavy atom. The number of rotatable bonds is 6. The molecule has 33 heavy (non-hydrogen) atoms. The van der Waals surface area contributed by atoms with E-state index in [1.54, 1.807) is 0 Å². The van der Waals surface area contributed by atoms with Crippen LogP contribution >= 0.6 is 24.0 Å². The molecule has 0 aliphatic carbocycles. The van der Waals surface area contributed by atoms with Crippen LogP contribution in [0.2, 0.25) is 0 Å². The van der Waals surface area contributed by atoms with Crippen molar-refractivity contribution in [1.82, 2.24) is 25.5 Å². The molecule has 0 aromatic carbocycles. The van der Waals surface area contributed by atoms with Crippen LogP contribution in [0.5, 0.6) is 0 Å². The topological polar surface area (TPSA) is 81.8 Å². The lowest BCUT2D eigenvalue weighted by atomic mass is 9.97. The van der Waals surface area contributed by atoms with Crippen molar-refractivity contribution in [3.8, 4) is 0 Å². The Balaban J connectivity index is 0.00000306. The molecule has 0 saturated carbocycles. The molecule has 9 heteroatoms. The molecule has 2 aromatic heterocycles. The molecule has 8 nitrogen and oxygen atoms in total. The Kier molecular flexibility index (Phi) is 9.78. The van der Waals surface area contributed by atoms with E-state index in [4.69, 9.17) is 4.42 Å². The third kappa shape index (κ3) is 7.30. The maximum absolute atomic E-state index is 5.75. The standard InChI is InChI=1S/C24H37N7O.HI/c1-18-19(2)32-23(28-18)17-30-12-7-20(8-13-30)16-27-24(25-3)29-21-9-14-31(15-10-21)22-6-4-5-11-26-22;/h4-6,11,20-21H,7-10,12-17H2,1-3H3,(H2,25,27,29);1H. The molecular formula is C24H38IN7O. The first-order valence-electron chi connectivity index (χ1n) is 11.9. The van der Waals surface area contributed by atoms with Crippen LogP contribution in [0.4, 0.5) is 5.82 Å². The van der Waals surface area contributed by atoms with Gasteiger partial charge in [0.15, 0.2) is 5.96 Å². The molecule has 2 fully saturated rings. The van der Waals surface area contributed by atoms with Crippen molar-refractivity contribution in [2.24, 2.45) is 10.9 Å². The van der Waals surface area contributed by atoms with Gasteiger partial charge in [-0.1, -0.05) is 6.07 Å². The van der Waals surface area contributed by atoms with Crippen LogP contribution in [0, 0.1) is 19.8 Å². The number of likely N-dealkylation sites (tertiary alicyclic amines) is 1. The van der Waals surface area contributed by atoms with Gasteiger partial charge < -0.3 is 20.0 Å². The van der Waals surface area contributed by atoms with Crippen molar-refractivity contribution in [2.75, 3.05) is 44.7 Å². The van der Waals surface area contributed by atoms with Gasteiger partial charge in [-0.15, -0.1) is 24.0 Å². The molecule has 2 aromatic rings. The van der Waals surface area contributed by atoms with Crippen LogP contribution in [-0.4, -0.2) is 66.6 Å². The number of oxazole rings is 1. The molecule has 4 heterocycles. The van der Waals surface area contributed by atoms with Gasteiger partial charge in [0.25, 0.3) is 0 Å². The van der Waals surface area contributed by atoms with Crippen molar-refractivity contribution >= 4 is 35.8 Å². The average Bonchev–Trinajstić information content (AvgIpc) is 3.15. The Labute approximate surface area is 214 Å². The van der Waals surface area contributed by atoms with Crippen molar-refractivity contribution in [3.63, 3.8) is 0 Å². The van der Waals surface area contributed by atoms with Crippen LogP contribution in [-0.2, 0) is 6.54 Å². The molecule has 0 amide bonds. The van der Waals surface area contributed by atoms with E-state index in [0.717, 1.165) is 81.2 Å². The number of pyridine rings is 1. The highest BCUT2D eigenvalue weighted by Crippen LogP contribution is 2.20. The van der Waals surface area contributed by atoms with Crippen molar-refractivity contribution in [1.29, 1.82) is 0 Å². The fourth-order valence-corrected chi connectivity index (χ4v) is 4.57. The van der Waals surface area contributed by atoms with E-state index in [2.05, 4.69) is 47.5 Å². The van der Waals surface area contributed by atoms with Gasteiger partial charge in [-0.2, -0.15) is 0 Å². The summed E-state index contributed by atoms with van der Waals surface area (Å²) in [5, 5.41) is 7.20. The van der Waals surface area contributed by atoms with Crippen molar-refractivity contribution < 1.29 is 4.42 Å². The lowest BCUT2D eigenvalue weighted by molar-refractivity contribution is 0.164. The number of hydrogen-bond donors (Lipinski definition) is 2. The highest BCUT2D eigenvalue weighted by atomic mass is 127. The molecule has 0 bridgehead atoms. The molecule has 182 valence electrons. The third-order valence-electron chi connectivity index (χ3n) is 6.73. The Bertz CT molecular complexity index is 853. The molecule has 2 N–H and O–H groups in total. The van der Waals surface area contributed by atoms with E-state index in [1.165, 1.54) is 12.8 Å². The summed E-state index contributed by atoms with van der Waals surface area (Å²) in [7, 11) is 1.86. The normalized spacial score (nSPS) is 18.8. The number of piperidine rings is 2. The monoisotopic (exact) mass is 567 g/mol. The zero-order valence-corrected chi connectivity index (χ0v) is 22.4. The summed E-state index contributed by atoms with van der Waals surface area (Å²) in [6, 6.07) is 6.57. The van der Waals surface area contributed by atoms with Gasteiger partial charge >= 0.3 is 0 Å². The van der Waals surface area contributed by atoms with E-state index in [0.29, 0.717) is 12.0 Å². The fourth-order valence-electron chi connectivity index (χ4n) is 4.57. The summed E-state index contributed by atoms with van der Waals surface area (Å²) in [5.41, 5.74) is 1.00. The lowest BCUT2D eigenvalue weighted by Gasteiger charge is -2.34. The van der Waals surface area contributed by atoms with Gasteiger partial charge in [-0.25, -0.2) is 9.97 Å². The molecule has 2 saturated heterocycles. The van der Waals surface area contributed by atoms with Crippen LogP contribution in [0.3, 0.4) is 0 Å². The van der Waals surface area contributed by atoms with Crippen molar-refractivity contribution in [2.45, 2.75) is 52.1 Å². The van der Waals surface area contributed by atoms with Crippen LogP contribution in [0.25, 0.3) is 0 Å². The summed E-state index contributed by atoms with van der Waals surface area (Å²) in [5.74, 6) is 4.45. The number of nitrogens with zero attached hydrogens (tertiary/aromatic N) is 5. The minimum atomic E-state index is 0. The smallest absolute Gasteiger partial charge is 0.208 e. The maximum atomic E-state index is 5.75. The quantitative estimate of drug-likeness (QED) is 0.315. The minimum Gasteiger partial charge on any atom is -0.444 e. The first-order chi connectivity index (χ1) is 15.6. The Morgan fingerprint density at radius 3 is 2.48 bits per heavy atom. The van der Waals surface area contributed by atoms with Gasteiger partial charge in [0.1, 0.15) is 11.6 Å². The van der Waals surface area contributed by atoms with E-state index >= 15 is 0 Å². The molecule has 0 atom stereocenters. The van der Waals surface area contributed by atoms with Gasteiger partial charge in [0, 0.05) is 38.9 Å². The Morgan fingerprint density at radius 2 is 1.88 bits per heavy atom. The van der Waals surface area contributed by atoms with Crippen molar-refractivity contribution in [3.05, 3.63) is 41.7 Å². The van der Waals surface area contributed by atoms with E-state index < -0.39 is 0 Å². The second-order valence-electron chi connectivity index (χ2n) is 9.02. The van der Waals surface area contributed by atoms with E-state index in [1.807, 2.05) is 33.2 Å². The summed E-state index contributed by atoms with van der Waals surface area (Å²) >= 11 is 0. The summed E-state index contributed by atoms with van der Waals surface area (Å²) in [4.78, 5) is 18.3. The Hall–Kier alpha value is -1.88. The van der Waals surface area contributed by atoms with E-state index in [-0.39, 0.29) is 24.0 Å². The van der Waals surface area contributed by atoms with Gasteiger partial charge in [-0.05, 0) is 70.7 Å². The second kappa shape index (κ2) is 12.5. The van der Waals surface area contributed by atoms with Gasteiger partial charge in [0.05, 0.1) is 12.2 Å². The number of anilines is 1. The number of hydrogen-bond acceptors (Lipinski definition) is 6. The number of nitrogens with one attached hydrogen (secondary N) is 2. The molecule has 2 aliphatic rings. The zero-order valence-electron chi connectivity index (χ0n) is 20.1. The SMILES string of the molecule is CN=C(NCC1CCN(Cc2nc(C)c(C)o2)CC1)NC1CCN(c2ccccn2)CC1.I.